The fraction of sp³-hybridized carbons (Fsp3) is 0.300. The smallest absolute Gasteiger partial charge is 0.307 e. The van der Waals surface area contributed by atoms with E-state index in [1.165, 1.54) is 0 Å². The number of hydrogen-bond donors (Lipinski definition) is 2. The van der Waals surface area contributed by atoms with E-state index in [9.17, 15) is 9.90 Å². The lowest BCUT2D eigenvalue weighted by Crippen LogP contribution is -2.01. The van der Waals surface area contributed by atoms with Crippen LogP contribution in [0.15, 0.2) is 12.1 Å². The quantitative estimate of drug-likeness (QED) is 0.727. The van der Waals surface area contributed by atoms with Crippen molar-refractivity contribution in [2.75, 3.05) is 0 Å². The molecule has 1 rings (SSSR count). The fourth-order valence-corrected chi connectivity index (χ4v) is 1.16. The molecule has 1 aromatic carbocycles. The number of rotatable bonds is 2. The summed E-state index contributed by atoms with van der Waals surface area (Å²) in [4.78, 5) is 10.4. The molecule has 0 fully saturated rings. The Hall–Kier alpha value is -1.51. The minimum Gasteiger partial charge on any atom is -0.507 e. The van der Waals surface area contributed by atoms with E-state index in [4.69, 9.17) is 5.11 Å². The van der Waals surface area contributed by atoms with Gasteiger partial charge in [0, 0.05) is 5.56 Å². The van der Waals surface area contributed by atoms with Crippen molar-refractivity contribution in [3.05, 3.63) is 28.8 Å². The summed E-state index contributed by atoms with van der Waals surface area (Å²) in [5.74, 6) is -0.832. The highest BCUT2D eigenvalue weighted by molar-refractivity contribution is 5.71. The molecule has 3 heteroatoms. The predicted octanol–water partition coefficient (Wildman–Crippen LogP) is 1.64. The van der Waals surface area contributed by atoms with Crippen LogP contribution in [-0.2, 0) is 11.2 Å². The molecule has 0 spiro atoms. The Morgan fingerprint density at radius 2 is 2.00 bits per heavy atom. The van der Waals surface area contributed by atoms with Crippen molar-refractivity contribution in [3.8, 4) is 5.75 Å². The highest BCUT2D eigenvalue weighted by Crippen LogP contribution is 2.24. The minimum atomic E-state index is -0.932. The Morgan fingerprint density at radius 3 is 2.54 bits per heavy atom. The van der Waals surface area contributed by atoms with Crippen LogP contribution < -0.4 is 0 Å². The van der Waals surface area contributed by atoms with Crippen LogP contribution in [0.5, 0.6) is 5.75 Å². The standard InChI is InChI=1S/C10H12O3/c1-6-3-4-8(5-9(11)12)10(13)7(6)2/h3-4,13H,5H2,1-2H3,(H,11,12). The third-order valence-electron chi connectivity index (χ3n) is 2.13. The van der Waals surface area contributed by atoms with Crippen LogP contribution in [-0.4, -0.2) is 16.2 Å². The molecule has 0 heterocycles. The molecule has 1 aromatic rings. The number of benzene rings is 1. The van der Waals surface area contributed by atoms with Gasteiger partial charge >= 0.3 is 5.97 Å². The van der Waals surface area contributed by atoms with E-state index < -0.39 is 5.97 Å². The normalized spacial score (nSPS) is 10.0. The SMILES string of the molecule is Cc1ccc(CC(=O)O)c(O)c1C. The maximum absolute atomic E-state index is 10.4. The van der Waals surface area contributed by atoms with Crippen molar-refractivity contribution in [2.24, 2.45) is 0 Å². The zero-order valence-corrected chi connectivity index (χ0v) is 7.66. The van der Waals surface area contributed by atoms with Gasteiger partial charge in [0.2, 0.25) is 0 Å². The first-order chi connectivity index (χ1) is 6.02. The lowest BCUT2D eigenvalue weighted by atomic mass is 10.0. The van der Waals surface area contributed by atoms with Gasteiger partial charge in [-0.2, -0.15) is 0 Å². The molecule has 2 N–H and O–H groups in total. The van der Waals surface area contributed by atoms with Crippen molar-refractivity contribution in [1.29, 1.82) is 0 Å². The van der Waals surface area contributed by atoms with Crippen molar-refractivity contribution in [1.82, 2.24) is 0 Å². The van der Waals surface area contributed by atoms with Gasteiger partial charge in [-0.15, -0.1) is 0 Å². The van der Waals surface area contributed by atoms with Crippen LogP contribution in [0.25, 0.3) is 0 Å². The molecular weight excluding hydrogens is 168 g/mol. The third kappa shape index (κ3) is 1.99. The number of carbonyl (C=O) groups is 1. The average molecular weight is 180 g/mol. The number of carboxylic acid groups (broad SMARTS) is 1. The largest absolute Gasteiger partial charge is 0.507 e. The second-order valence-electron chi connectivity index (χ2n) is 3.09. The Labute approximate surface area is 76.6 Å². The number of aliphatic carboxylic acids is 1. The molecule has 0 aliphatic rings. The summed E-state index contributed by atoms with van der Waals surface area (Å²) in [5, 5.41) is 18.1. The molecule has 0 aliphatic carbocycles. The van der Waals surface area contributed by atoms with E-state index in [0.29, 0.717) is 5.56 Å². The van der Waals surface area contributed by atoms with Gasteiger partial charge in [0.05, 0.1) is 6.42 Å². The maximum atomic E-state index is 10.4. The molecule has 0 bridgehead atoms. The summed E-state index contributed by atoms with van der Waals surface area (Å²) in [6.07, 6.45) is -0.132. The number of aromatic hydroxyl groups is 1. The molecule has 0 aromatic heterocycles. The molecule has 0 aliphatic heterocycles. The second-order valence-corrected chi connectivity index (χ2v) is 3.09. The summed E-state index contributed by atoms with van der Waals surface area (Å²) >= 11 is 0. The Kier molecular flexibility index (Phi) is 2.56. The Bertz CT molecular complexity index is 342. The van der Waals surface area contributed by atoms with Gasteiger partial charge in [0.1, 0.15) is 5.75 Å². The zero-order chi connectivity index (χ0) is 10.0. The van der Waals surface area contributed by atoms with Crippen molar-refractivity contribution in [3.63, 3.8) is 0 Å². The van der Waals surface area contributed by atoms with Crippen molar-refractivity contribution < 1.29 is 15.0 Å². The van der Waals surface area contributed by atoms with Gasteiger partial charge in [0.15, 0.2) is 0 Å². The first-order valence-electron chi connectivity index (χ1n) is 4.02. The van der Waals surface area contributed by atoms with Crippen LogP contribution in [0.4, 0.5) is 0 Å². The van der Waals surface area contributed by atoms with Gasteiger partial charge in [-0.3, -0.25) is 4.79 Å². The molecule has 0 saturated carbocycles. The van der Waals surface area contributed by atoms with E-state index in [-0.39, 0.29) is 12.2 Å². The molecule has 0 amide bonds. The van der Waals surface area contributed by atoms with Crippen molar-refractivity contribution in [2.45, 2.75) is 20.3 Å². The first kappa shape index (κ1) is 9.58. The number of phenolic OH excluding ortho intramolecular Hbond substituents is 1. The van der Waals surface area contributed by atoms with Crippen molar-refractivity contribution >= 4 is 5.97 Å². The minimum absolute atomic E-state index is 0.0994. The van der Waals surface area contributed by atoms with Gasteiger partial charge < -0.3 is 10.2 Å². The summed E-state index contributed by atoms with van der Waals surface area (Å²) in [5.41, 5.74) is 2.18. The fourth-order valence-electron chi connectivity index (χ4n) is 1.16. The average Bonchev–Trinajstić information content (AvgIpc) is 2.06. The zero-order valence-electron chi connectivity index (χ0n) is 7.66. The topological polar surface area (TPSA) is 57.5 Å². The highest BCUT2D eigenvalue weighted by Gasteiger charge is 2.09. The summed E-state index contributed by atoms with van der Waals surface area (Å²) in [7, 11) is 0. The molecule has 0 saturated heterocycles. The Morgan fingerprint density at radius 1 is 1.38 bits per heavy atom. The molecule has 0 unspecified atom stereocenters. The third-order valence-corrected chi connectivity index (χ3v) is 2.13. The molecule has 0 atom stereocenters. The molecule has 3 nitrogen and oxygen atoms in total. The number of carboxylic acids is 1. The number of hydrogen-bond acceptors (Lipinski definition) is 2. The summed E-state index contributed by atoms with van der Waals surface area (Å²) in [6.45, 7) is 3.65. The summed E-state index contributed by atoms with van der Waals surface area (Å²) < 4.78 is 0. The highest BCUT2D eigenvalue weighted by atomic mass is 16.4. The van der Waals surface area contributed by atoms with Gasteiger partial charge in [-0.25, -0.2) is 0 Å². The van der Waals surface area contributed by atoms with E-state index in [1.807, 2.05) is 13.0 Å². The second kappa shape index (κ2) is 3.47. The van der Waals surface area contributed by atoms with E-state index in [1.54, 1.807) is 13.0 Å². The van der Waals surface area contributed by atoms with Gasteiger partial charge in [-0.1, -0.05) is 12.1 Å². The van der Waals surface area contributed by atoms with Crippen LogP contribution in [0, 0.1) is 13.8 Å². The monoisotopic (exact) mass is 180 g/mol. The van der Waals surface area contributed by atoms with Crippen LogP contribution >= 0.6 is 0 Å². The van der Waals surface area contributed by atoms with Crippen LogP contribution in [0.2, 0.25) is 0 Å². The lowest BCUT2D eigenvalue weighted by Gasteiger charge is -2.07. The number of phenols is 1. The molecular formula is C10H12O3. The van der Waals surface area contributed by atoms with Crippen LogP contribution in [0.3, 0.4) is 0 Å². The molecule has 13 heavy (non-hydrogen) atoms. The van der Waals surface area contributed by atoms with Gasteiger partial charge in [-0.05, 0) is 25.0 Å². The molecule has 0 radical (unpaired) electrons. The summed E-state index contributed by atoms with van der Waals surface area (Å²) in [6, 6.07) is 3.46. The lowest BCUT2D eigenvalue weighted by molar-refractivity contribution is -0.136. The Balaban J connectivity index is 3.10. The van der Waals surface area contributed by atoms with E-state index in [2.05, 4.69) is 0 Å². The van der Waals surface area contributed by atoms with Gasteiger partial charge in [0.25, 0.3) is 0 Å². The van der Waals surface area contributed by atoms with Crippen LogP contribution in [0.1, 0.15) is 16.7 Å². The predicted molar refractivity (Wildman–Crippen MR) is 48.9 cm³/mol. The van der Waals surface area contributed by atoms with E-state index in [0.717, 1.165) is 11.1 Å². The van der Waals surface area contributed by atoms with E-state index >= 15 is 0 Å². The molecule has 70 valence electrons. The first-order valence-corrected chi connectivity index (χ1v) is 4.02. The number of aryl methyl sites for hydroxylation is 1. The maximum Gasteiger partial charge on any atom is 0.307 e.